The molecule has 18 heavy (non-hydrogen) atoms. The molecule has 1 saturated heterocycles. The number of nitrogens with zero attached hydrogens (tertiary/aromatic N) is 2. The molecule has 2 aliphatic rings. The first-order valence-electron chi connectivity index (χ1n) is 6.51. The molecule has 1 aromatic rings. The third kappa shape index (κ3) is 1.75. The summed E-state index contributed by atoms with van der Waals surface area (Å²) in [5, 5.41) is 17.7. The molecule has 0 spiro atoms. The van der Waals surface area contributed by atoms with Gasteiger partial charge in [-0.15, -0.1) is 0 Å². The van der Waals surface area contributed by atoms with E-state index in [4.69, 9.17) is 9.26 Å². The van der Waals surface area contributed by atoms with Crippen molar-refractivity contribution in [3.05, 3.63) is 11.7 Å². The van der Waals surface area contributed by atoms with Gasteiger partial charge in [0, 0.05) is 7.11 Å². The summed E-state index contributed by atoms with van der Waals surface area (Å²) in [6, 6.07) is 0. The Balaban J connectivity index is 1.84. The van der Waals surface area contributed by atoms with E-state index in [1.807, 2.05) is 0 Å². The number of hydrogen-bond donors (Lipinski definition) is 2. The predicted molar refractivity (Wildman–Crippen MR) is 62.8 cm³/mol. The molecule has 2 N–H and O–H groups in total. The van der Waals surface area contributed by atoms with Crippen LogP contribution in [0.1, 0.15) is 43.8 Å². The highest BCUT2D eigenvalue weighted by Crippen LogP contribution is 2.43. The molecule has 2 fully saturated rings. The molecule has 0 amide bonds. The van der Waals surface area contributed by atoms with E-state index in [-0.39, 0.29) is 5.60 Å². The van der Waals surface area contributed by atoms with Gasteiger partial charge in [0.25, 0.3) is 5.89 Å². The van der Waals surface area contributed by atoms with Crippen LogP contribution in [-0.4, -0.2) is 35.4 Å². The van der Waals surface area contributed by atoms with E-state index in [9.17, 15) is 5.11 Å². The summed E-state index contributed by atoms with van der Waals surface area (Å²) in [4.78, 5) is 4.39. The molecule has 0 atom stereocenters. The summed E-state index contributed by atoms with van der Waals surface area (Å²) in [6.45, 7) is 1.53. The molecule has 1 aromatic heterocycles. The number of hydrogen-bond acceptors (Lipinski definition) is 6. The molecule has 6 nitrogen and oxygen atoms in total. The maximum atomic E-state index is 10.5. The van der Waals surface area contributed by atoms with Crippen molar-refractivity contribution in [1.29, 1.82) is 0 Å². The van der Waals surface area contributed by atoms with Crippen molar-refractivity contribution in [1.82, 2.24) is 15.5 Å². The van der Waals surface area contributed by atoms with Gasteiger partial charge >= 0.3 is 0 Å². The Morgan fingerprint density at radius 1 is 1.28 bits per heavy atom. The molecule has 0 radical (unpaired) electrons. The number of aliphatic hydroxyl groups is 1. The topological polar surface area (TPSA) is 80.4 Å². The van der Waals surface area contributed by atoms with Gasteiger partial charge in [0.15, 0.2) is 0 Å². The fraction of sp³-hybridized carbons (Fsp3) is 0.833. The second-order valence-electron chi connectivity index (χ2n) is 5.26. The summed E-state index contributed by atoms with van der Waals surface area (Å²) >= 11 is 0. The average Bonchev–Trinajstić information content (AvgIpc) is 2.80. The zero-order valence-corrected chi connectivity index (χ0v) is 10.6. The molecular weight excluding hydrogens is 234 g/mol. The predicted octanol–water partition coefficient (Wildman–Crippen LogP) is 0.666. The molecular formula is C12H19N3O3. The minimum atomic E-state index is -0.977. The van der Waals surface area contributed by atoms with Gasteiger partial charge in [-0.25, -0.2) is 0 Å². The highest BCUT2D eigenvalue weighted by Gasteiger charge is 2.45. The number of ether oxygens (including phenoxy) is 1. The highest BCUT2D eigenvalue weighted by atomic mass is 16.5. The highest BCUT2D eigenvalue weighted by molar-refractivity contribution is 5.10. The second kappa shape index (κ2) is 4.29. The van der Waals surface area contributed by atoms with E-state index in [0.29, 0.717) is 24.6 Å². The van der Waals surface area contributed by atoms with E-state index in [1.54, 1.807) is 7.11 Å². The standard InChI is InChI=1S/C12H19N3O3/c1-17-12(3-2-4-12)9-14-10(18-15-9)11(16)5-7-13-8-6-11/h13,16H,2-8H2,1H3. The van der Waals surface area contributed by atoms with Crippen LogP contribution in [0.3, 0.4) is 0 Å². The lowest BCUT2D eigenvalue weighted by Crippen LogP contribution is -2.40. The molecule has 100 valence electrons. The Bertz CT molecular complexity index is 416. The van der Waals surface area contributed by atoms with Crippen molar-refractivity contribution < 1.29 is 14.4 Å². The fourth-order valence-electron chi connectivity index (χ4n) is 2.67. The Kier molecular flexibility index (Phi) is 2.88. The van der Waals surface area contributed by atoms with Crippen LogP contribution in [0.5, 0.6) is 0 Å². The summed E-state index contributed by atoms with van der Waals surface area (Å²) in [7, 11) is 1.68. The maximum absolute atomic E-state index is 10.5. The number of methoxy groups -OCH3 is 1. The lowest BCUT2D eigenvalue weighted by molar-refractivity contribution is -0.0858. The van der Waals surface area contributed by atoms with Crippen molar-refractivity contribution in [2.45, 2.75) is 43.3 Å². The van der Waals surface area contributed by atoms with Gasteiger partial charge in [0.05, 0.1) is 0 Å². The van der Waals surface area contributed by atoms with Crippen LogP contribution in [-0.2, 0) is 15.9 Å². The minimum Gasteiger partial charge on any atom is -0.380 e. The summed E-state index contributed by atoms with van der Waals surface area (Å²) in [6.07, 6.45) is 4.17. The Morgan fingerprint density at radius 3 is 2.56 bits per heavy atom. The van der Waals surface area contributed by atoms with Crippen LogP contribution in [0.15, 0.2) is 4.52 Å². The SMILES string of the molecule is COC1(c2noc(C3(O)CCNCC3)n2)CCC1. The van der Waals surface area contributed by atoms with Crippen LogP contribution < -0.4 is 5.32 Å². The number of nitrogens with one attached hydrogen (secondary N) is 1. The van der Waals surface area contributed by atoms with E-state index < -0.39 is 5.60 Å². The molecule has 1 saturated carbocycles. The largest absolute Gasteiger partial charge is 0.380 e. The number of rotatable bonds is 3. The van der Waals surface area contributed by atoms with Gasteiger partial charge < -0.3 is 19.7 Å². The first-order chi connectivity index (χ1) is 8.69. The molecule has 0 bridgehead atoms. The summed E-state index contributed by atoms with van der Waals surface area (Å²) in [5.74, 6) is 0.917. The third-order valence-corrected chi connectivity index (χ3v) is 4.21. The quantitative estimate of drug-likeness (QED) is 0.824. The summed E-state index contributed by atoms with van der Waals surface area (Å²) in [5.41, 5.74) is -1.36. The Hall–Kier alpha value is -0.980. The minimum absolute atomic E-state index is 0.335. The molecule has 3 rings (SSSR count). The average molecular weight is 253 g/mol. The van der Waals surface area contributed by atoms with Gasteiger partial charge in [0.2, 0.25) is 5.82 Å². The second-order valence-corrected chi connectivity index (χ2v) is 5.26. The molecule has 1 aliphatic carbocycles. The fourth-order valence-corrected chi connectivity index (χ4v) is 2.67. The van der Waals surface area contributed by atoms with Crippen LogP contribution >= 0.6 is 0 Å². The first kappa shape index (κ1) is 12.1. The zero-order valence-electron chi connectivity index (χ0n) is 10.6. The van der Waals surface area contributed by atoms with Crippen molar-refractivity contribution in [3.8, 4) is 0 Å². The smallest absolute Gasteiger partial charge is 0.258 e. The van der Waals surface area contributed by atoms with E-state index in [0.717, 1.165) is 32.4 Å². The molecule has 0 aromatic carbocycles. The van der Waals surface area contributed by atoms with Crippen molar-refractivity contribution in [3.63, 3.8) is 0 Å². The van der Waals surface area contributed by atoms with Gasteiger partial charge in [-0.2, -0.15) is 4.98 Å². The van der Waals surface area contributed by atoms with Crippen LogP contribution in [0.4, 0.5) is 0 Å². The molecule has 6 heteroatoms. The van der Waals surface area contributed by atoms with E-state index >= 15 is 0 Å². The monoisotopic (exact) mass is 253 g/mol. The van der Waals surface area contributed by atoms with E-state index in [1.165, 1.54) is 0 Å². The van der Waals surface area contributed by atoms with Crippen molar-refractivity contribution in [2.75, 3.05) is 20.2 Å². The van der Waals surface area contributed by atoms with Crippen LogP contribution in [0.25, 0.3) is 0 Å². The van der Waals surface area contributed by atoms with Gasteiger partial charge in [0.1, 0.15) is 11.2 Å². The third-order valence-electron chi connectivity index (χ3n) is 4.21. The maximum Gasteiger partial charge on any atom is 0.258 e. The van der Waals surface area contributed by atoms with Crippen LogP contribution in [0, 0.1) is 0 Å². The molecule has 0 unspecified atom stereocenters. The Morgan fingerprint density at radius 2 is 2.00 bits per heavy atom. The van der Waals surface area contributed by atoms with Gasteiger partial charge in [-0.1, -0.05) is 5.16 Å². The van der Waals surface area contributed by atoms with Crippen LogP contribution in [0.2, 0.25) is 0 Å². The van der Waals surface area contributed by atoms with Crippen molar-refractivity contribution in [2.24, 2.45) is 0 Å². The van der Waals surface area contributed by atoms with Gasteiger partial charge in [-0.3, -0.25) is 0 Å². The molecule has 2 heterocycles. The lowest BCUT2D eigenvalue weighted by atomic mass is 9.79. The zero-order chi connectivity index (χ0) is 12.6. The number of piperidine rings is 1. The lowest BCUT2D eigenvalue weighted by Gasteiger charge is -2.37. The van der Waals surface area contributed by atoms with Crippen molar-refractivity contribution >= 4 is 0 Å². The van der Waals surface area contributed by atoms with Gasteiger partial charge in [-0.05, 0) is 45.2 Å². The summed E-state index contributed by atoms with van der Waals surface area (Å²) < 4.78 is 10.8. The number of aromatic nitrogens is 2. The van der Waals surface area contributed by atoms with E-state index in [2.05, 4.69) is 15.5 Å². The first-order valence-corrected chi connectivity index (χ1v) is 6.51. The Labute approximate surface area is 106 Å². The normalized spacial score (nSPS) is 25.7. The molecule has 1 aliphatic heterocycles.